The smallest absolute Gasteiger partial charge is 0.205 e. The molecule has 0 bridgehead atoms. The summed E-state index contributed by atoms with van der Waals surface area (Å²) in [5.74, 6) is -0.253. The summed E-state index contributed by atoms with van der Waals surface area (Å²) < 4.78 is 15.1. The predicted molar refractivity (Wildman–Crippen MR) is 57.7 cm³/mol. The van der Waals surface area contributed by atoms with Crippen LogP contribution in [0.4, 0.5) is 10.3 Å². The summed E-state index contributed by atoms with van der Waals surface area (Å²) in [5.41, 5.74) is 6.67. The highest BCUT2D eigenvalue weighted by Crippen LogP contribution is 2.23. The van der Waals surface area contributed by atoms with E-state index in [0.29, 0.717) is 5.69 Å². The van der Waals surface area contributed by atoms with Crippen LogP contribution in [0.3, 0.4) is 0 Å². The molecule has 2 N–H and O–H groups in total. The Kier molecular flexibility index (Phi) is 2.36. The summed E-state index contributed by atoms with van der Waals surface area (Å²) in [4.78, 5) is 3.99. The molecule has 0 aliphatic carbocycles. The third-order valence-electron chi connectivity index (χ3n) is 2.04. The van der Waals surface area contributed by atoms with Gasteiger partial charge < -0.3 is 5.73 Å². The fourth-order valence-electron chi connectivity index (χ4n) is 1.39. The summed E-state index contributed by atoms with van der Waals surface area (Å²) in [6.45, 7) is 1.79. The van der Waals surface area contributed by atoms with Gasteiger partial charge in [-0.2, -0.15) is 0 Å². The van der Waals surface area contributed by atoms with Gasteiger partial charge in [-0.3, -0.25) is 4.57 Å². The minimum atomic E-state index is -0.497. The second kappa shape index (κ2) is 3.55. The predicted octanol–water partition coefficient (Wildman–Crippen LogP) is 2.56. The molecule has 0 saturated heterocycles. The Morgan fingerprint density at radius 3 is 2.80 bits per heavy atom. The maximum atomic E-state index is 13.6. The van der Waals surface area contributed by atoms with E-state index in [9.17, 15) is 4.39 Å². The molecule has 2 aromatic rings. The molecule has 0 spiro atoms. The van der Waals surface area contributed by atoms with Crippen molar-refractivity contribution in [1.82, 2.24) is 9.55 Å². The van der Waals surface area contributed by atoms with Gasteiger partial charge in [0.05, 0.1) is 16.4 Å². The van der Waals surface area contributed by atoms with E-state index >= 15 is 0 Å². The first-order valence-corrected chi connectivity index (χ1v) is 4.73. The van der Waals surface area contributed by atoms with Gasteiger partial charge in [0.15, 0.2) is 5.82 Å². The van der Waals surface area contributed by atoms with Crippen molar-refractivity contribution in [1.29, 1.82) is 0 Å². The summed E-state index contributed by atoms with van der Waals surface area (Å²) >= 11 is 5.67. The van der Waals surface area contributed by atoms with Crippen LogP contribution in [0.2, 0.25) is 5.02 Å². The third-order valence-corrected chi connectivity index (χ3v) is 2.34. The van der Waals surface area contributed by atoms with Crippen LogP contribution < -0.4 is 5.73 Å². The van der Waals surface area contributed by atoms with Crippen LogP contribution in [0, 0.1) is 12.7 Å². The minimum Gasteiger partial charge on any atom is -0.369 e. The fourth-order valence-corrected chi connectivity index (χ4v) is 1.56. The van der Waals surface area contributed by atoms with Gasteiger partial charge in [-0.15, -0.1) is 0 Å². The molecule has 1 heterocycles. The van der Waals surface area contributed by atoms with Gasteiger partial charge in [0.25, 0.3) is 0 Å². The first kappa shape index (κ1) is 9.98. The Labute approximate surface area is 91.3 Å². The van der Waals surface area contributed by atoms with Crippen molar-refractivity contribution in [3.8, 4) is 5.69 Å². The number of nitrogens with two attached hydrogens (primary N) is 1. The van der Waals surface area contributed by atoms with E-state index in [1.807, 2.05) is 0 Å². The molecule has 0 radical (unpaired) electrons. The number of aromatic nitrogens is 2. The van der Waals surface area contributed by atoms with Gasteiger partial charge in [0, 0.05) is 6.20 Å². The van der Waals surface area contributed by atoms with Gasteiger partial charge in [-0.1, -0.05) is 17.7 Å². The maximum Gasteiger partial charge on any atom is 0.205 e. The monoisotopic (exact) mass is 225 g/mol. The van der Waals surface area contributed by atoms with Crippen molar-refractivity contribution < 1.29 is 4.39 Å². The summed E-state index contributed by atoms with van der Waals surface area (Å²) in [6.07, 6.45) is 1.66. The van der Waals surface area contributed by atoms with Crippen molar-refractivity contribution in [3.63, 3.8) is 0 Å². The Bertz CT molecular complexity index is 507. The van der Waals surface area contributed by atoms with Gasteiger partial charge in [0.2, 0.25) is 5.95 Å². The lowest BCUT2D eigenvalue weighted by Gasteiger charge is -2.06. The second-order valence-electron chi connectivity index (χ2n) is 3.18. The summed E-state index contributed by atoms with van der Waals surface area (Å²) in [7, 11) is 0. The number of rotatable bonds is 1. The number of nitrogen functional groups attached to an aromatic ring is 1. The molecule has 0 atom stereocenters. The van der Waals surface area contributed by atoms with E-state index in [1.54, 1.807) is 25.3 Å². The van der Waals surface area contributed by atoms with E-state index in [1.165, 1.54) is 10.6 Å². The number of imidazole rings is 1. The van der Waals surface area contributed by atoms with Gasteiger partial charge in [-0.25, -0.2) is 9.37 Å². The van der Waals surface area contributed by atoms with Crippen LogP contribution >= 0.6 is 11.6 Å². The second-order valence-corrected chi connectivity index (χ2v) is 3.59. The lowest BCUT2D eigenvalue weighted by molar-refractivity contribution is 0.619. The Balaban J connectivity index is 2.64. The van der Waals surface area contributed by atoms with E-state index < -0.39 is 5.82 Å². The van der Waals surface area contributed by atoms with Crippen molar-refractivity contribution in [2.24, 2.45) is 0 Å². The molecule has 0 saturated carbocycles. The normalized spacial score (nSPS) is 10.6. The van der Waals surface area contributed by atoms with E-state index in [0.717, 1.165) is 5.69 Å². The Morgan fingerprint density at radius 2 is 2.20 bits per heavy atom. The zero-order valence-electron chi connectivity index (χ0n) is 8.04. The SMILES string of the molecule is Cc1cn(-c2cccc(Cl)c2F)c(N)n1. The van der Waals surface area contributed by atoms with Gasteiger partial charge in [0.1, 0.15) is 0 Å². The zero-order chi connectivity index (χ0) is 11.0. The highest BCUT2D eigenvalue weighted by molar-refractivity contribution is 6.30. The molecule has 0 unspecified atom stereocenters. The average Bonchev–Trinajstić information content (AvgIpc) is 2.50. The number of anilines is 1. The molecule has 15 heavy (non-hydrogen) atoms. The summed E-state index contributed by atoms with van der Waals surface area (Å²) in [5, 5.41) is 0.0678. The van der Waals surface area contributed by atoms with Gasteiger partial charge in [-0.05, 0) is 19.1 Å². The van der Waals surface area contributed by atoms with Crippen LogP contribution in [-0.4, -0.2) is 9.55 Å². The van der Waals surface area contributed by atoms with E-state index in [-0.39, 0.29) is 11.0 Å². The van der Waals surface area contributed by atoms with Crippen LogP contribution in [0.15, 0.2) is 24.4 Å². The highest BCUT2D eigenvalue weighted by Gasteiger charge is 2.11. The standard InChI is InChI=1S/C10H9ClFN3/c1-6-5-15(10(13)14-6)8-4-2-3-7(11)9(8)12/h2-5H,1H3,(H2,13,14). The summed E-state index contributed by atoms with van der Waals surface area (Å²) in [6, 6.07) is 4.74. The Hall–Kier alpha value is -1.55. The minimum absolute atomic E-state index is 0.0678. The number of hydrogen-bond donors (Lipinski definition) is 1. The first-order chi connectivity index (χ1) is 7.09. The van der Waals surface area contributed by atoms with Crippen molar-refractivity contribution in [3.05, 3.63) is 40.9 Å². The van der Waals surface area contributed by atoms with Crippen molar-refractivity contribution in [2.45, 2.75) is 6.92 Å². The van der Waals surface area contributed by atoms with E-state index in [4.69, 9.17) is 17.3 Å². The number of aryl methyl sites for hydroxylation is 1. The third kappa shape index (κ3) is 1.68. The average molecular weight is 226 g/mol. The molecule has 0 fully saturated rings. The molecular weight excluding hydrogens is 217 g/mol. The molecule has 0 aliphatic heterocycles. The lowest BCUT2D eigenvalue weighted by atomic mass is 10.3. The van der Waals surface area contributed by atoms with Crippen LogP contribution in [-0.2, 0) is 0 Å². The van der Waals surface area contributed by atoms with Crippen LogP contribution in [0.1, 0.15) is 5.69 Å². The fraction of sp³-hybridized carbons (Fsp3) is 0.100. The van der Waals surface area contributed by atoms with Crippen molar-refractivity contribution >= 4 is 17.5 Å². The largest absolute Gasteiger partial charge is 0.369 e. The van der Waals surface area contributed by atoms with Gasteiger partial charge >= 0.3 is 0 Å². The molecule has 3 nitrogen and oxygen atoms in total. The first-order valence-electron chi connectivity index (χ1n) is 4.35. The molecule has 78 valence electrons. The molecule has 0 amide bonds. The molecular formula is C10H9ClFN3. The maximum absolute atomic E-state index is 13.6. The Morgan fingerprint density at radius 1 is 1.47 bits per heavy atom. The molecule has 1 aromatic carbocycles. The zero-order valence-corrected chi connectivity index (χ0v) is 8.79. The number of hydrogen-bond acceptors (Lipinski definition) is 2. The quantitative estimate of drug-likeness (QED) is 0.811. The number of halogens is 2. The molecule has 5 heteroatoms. The lowest BCUT2D eigenvalue weighted by Crippen LogP contribution is -2.02. The number of nitrogens with zero attached hydrogens (tertiary/aromatic N) is 2. The molecule has 1 aromatic heterocycles. The molecule has 0 aliphatic rings. The molecule has 2 rings (SSSR count). The van der Waals surface area contributed by atoms with Crippen LogP contribution in [0.25, 0.3) is 5.69 Å². The van der Waals surface area contributed by atoms with E-state index in [2.05, 4.69) is 4.98 Å². The van der Waals surface area contributed by atoms with Crippen molar-refractivity contribution in [2.75, 3.05) is 5.73 Å². The highest BCUT2D eigenvalue weighted by atomic mass is 35.5. The number of benzene rings is 1. The van der Waals surface area contributed by atoms with Crippen LogP contribution in [0.5, 0.6) is 0 Å². The topological polar surface area (TPSA) is 43.8 Å².